The first-order valence-electron chi connectivity index (χ1n) is 22.5. The topological polar surface area (TPSA) is 13.1 Å². The Balaban J connectivity index is 1.47. The van der Waals surface area contributed by atoms with Crippen molar-refractivity contribution >= 4 is 43.5 Å². The lowest BCUT2D eigenvalue weighted by molar-refractivity contribution is 0.669. The summed E-state index contributed by atoms with van der Waals surface area (Å²) in [4.78, 5) is 0. The summed E-state index contributed by atoms with van der Waals surface area (Å²) in [5.74, 6) is 0. The van der Waals surface area contributed by atoms with Gasteiger partial charge in [0.05, 0.1) is 23.3 Å². The first-order valence-corrected chi connectivity index (χ1v) is 14.0. The van der Waals surface area contributed by atoms with E-state index in [9.17, 15) is 8.22 Å². The van der Waals surface area contributed by atoms with E-state index in [1.807, 2.05) is 48.5 Å². The van der Waals surface area contributed by atoms with Gasteiger partial charge in [0.25, 0.3) is 0 Å². The maximum atomic E-state index is 9.78. The zero-order chi connectivity index (χ0) is 44.5. The van der Waals surface area contributed by atoms with Crippen LogP contribution in [0.1, 0.15) is 23.3 Å². The third kappa shape index (κ3) is 4.24. The summed E-state index contributed by atoms with van der Waals surface area (Å²) in [6, 6.07) is 7.12. The summed E-state index contributed by atoms with van der Waals surface area (Å²) in [6.07, 6.45) is 0. The van der Waals surface area contributed by atoms with Gasteiger partial charge >= 0.3 is 0 Å². The lowest BCUT2D eigenvalue weighted by atomic mass is 9.85. The standard InChI is InChI=1S/C44H28O/c1-3-12-29(13-4-1)32-22-24-41-39(27-32)40-28-33(23-25-42(40)45-41)31-16-11-17-34(26-31)44-37-20-9-7-18-35(37)43(30-14-5-2-6-15-30)36-19-8-10-21-38(36)44/h1-28H/i2D,5D,6D,7D,8D,9D,10D,11D,14D,15D,16D,17D,18D,19D,20D,21D,26D. The van der Waals surface area contributed by atoms with Crippen LogP contribution in [0, 0.1) is 0 Å². The predicted molar refractivity (Wildman–Crippen MR) is 190 cm³/mol. The molecule has 0 saturated heterocycles. The summed E-state index contributed by atoms with van der Waals surface area (Å²) in [5.41, 5.74) is 0.858. The molecule has 1 heteroatoms. The number of rotatable bonds is 4. The highest BCUT2D eigenvalue weighted by atomic mass is 16.3. The maximum absolute atomic E-state index is 9.78. The monoisotopic (exact) mass is 589 g/mol. The van der Waals surface area contributed by atoms with Crippen molar-refractivity contribution in [1.82, 2.24) is 0 Å². The maximum Gasteiger partial charge on any atom is 0.135 e. The highest BCUT2D eigenvalue weighted by molar-refractivity contribution is 6.21. The van der Waals surface area contributed by atoms with Crippen LogP contribution in [0.25, 0.3) is 88.0 Å². The van der Waals surface area contributed by atoms with Gasteiger partial charge < -0.3 is 4.42 Å². The molecular weight excluding hydrogens is 544 g/mol. The molecule has 0 aliphatic heterocycles. The fourth-order valence-corrected chi connectivity index (χ4v) is 5.86. The minimum atomic E-state index is -0.820. The first kappa shape index (κ1) is 13.8. The van der Waals surface area contributed by atoms with Crippen LogP contribution in [0.4, 0.5) is 0 Å². The molecule has 9 aromatic rings. The van der Waals surface area contributed by atoms with Crippen LogP contribution in [0.2, 0.25) is 0 Å². The van der Waals surface area contributed by atoms with E-state index in [-0.39, 0.29) is 11.1 Å². The summed E-state index contributed by atoms with van der Waals surface area (Å²) in [7, 11) is 0. The van der Waals surface area contributed by atoms with Crippen molar-refractivity contribution in [3.63, 3.8) is 0 Å². The molecule has 210 valence electrons. The summed E-state index contributed by atoms with van der Waals surface area (Å²) >= 11 is 0. The van der Waals surface area contributed by atoms with Crippen LogP contribution in [-0.2, 0) is 0 Å². The Hall–Kier alpha value is -5.92. The van der Waals surface area contributed by atoms with Gasteiger partial charge in [-0.3, -0.25) is 0 Å². The molecule has 0 bridgehead atoms. The van der Waals surface area contributed by atoms with Crippen LogP contribution in [0.15, 0.2) is 174 Å². The molecule has 45 heavy (non-hydrogen) atoms. The molecule has 0 spiro atoms. The molecule has 0 amide bonds. The van der Waals surface area contributed by atoms with Crippen molar-refractivity contribution in [2.75, 3.05) is 0 Å². The zero-order valence-electron chi connectivity index (χ0n) is 40.3. The smallest absolute Gasteiger partial charge is 0.135 e. The van der Waals surface area contributed by atoms with Gasteiger partial charge in [-0.25, -0.2) is 0 Å². The van der Waals surface area contributed by atoms with Gasteiger partial charge in [0.15, 0.2) is 0 Å². The third-order valence-electron chi connectivity index (χ3n) is 7.87. The van der Waals surface area contributed by atoms with E-state index in [0.29, 0.717) is 21.9 Å². The molecule has 0 saturated carbocycles. The molecule has 0 N–H and O–H groups in total. The molecule has 1 aromatic heterocycles. The summed E-state index contributed by atoms with van der Waals surface area (Å²) < 4.78 is 158. The molecule has 0 aliphatic rings. The summed E-state index contributed by atoms with van der Waals surface area (Å²) in [5, 5.41) is -0.708. The van der Waals surface area contributed by atoms with Crippen molar-refractivity contribution in [2.24, 2.45) is 0 Å². The minimum Gasteiger partial charge on any atom is -0.456 e. The molecule has 0 fully saturated rings. The molecule has 1 nitrogen and oxygen atoms in total. The largest absolute Gasteiger partial charge is 0.456 e. The van der Waals surface area contributed by atoms with E-state index >= 15 is 0 Å². The highest BCUT2D eigenvalue weighted by Gasteiger charge is 2.17. The fraction of sp³-hybridized carbons (Fsp3) is 0. The normalized spacial score (nSPS) is 16.8. The van der Waals surface area contributed by atoms with Crippen molar-refractivity contribution in [1.29, 1.82) is 0 Å². The van der Waals surface area contributed by atoms with E-state index < -0.39 is 147 Å². The van der Waals surface area contributed by atoms with Crippen LogP contribution >= 0.6 is 0 Å². The van der Waals surface area contributed by atoms with Crippen LogP contribution in [-0.4, -0.2) is 0 Å². The molecule has 1 heterocycles. The molecule has 0 unspecified atom stereocenters. The Kier molecular flexibility index (Phi) is 3.18. The predicted octanol–water partition coefficient (Wildman–Crippen LogP) is 12.6. The Morgan fingerprint density at radius 1 is 0.356 bits per heavy atom. The SMILES string of the molecule is [2H]c1c([2H])c([2H])c(-c2c3c([2H])c([2H])c([2H])c([2H])c3c(-c3c([2H])c([2H])c([2H])c(-c4ccc5oc6ccc(-c7ccccc7)cc6c5c4)c3[2H])c3c([2H])c([2H])c([2H])c([2H])c23)c([2H])c1[2H]. The fourth-order valence-electron chi connectivity index (χ4n) is 5.86. The van der Waals surface area contributed by atoms with Crippen molar-refractivity contribution < 1.29 is 27.7 Å². The van der Waals surface area contributed by atoms with Crippen LogP contribution < -0.4 is 0 Å². The number of furan rings is 1. The second-order valence-electron chi connectivity index (χ2n) is 10.4. The Morgan fingerprint density at radius 2 is 0.844 bits per heavy atom. The zero-order valence-corrected chi connectivity index (χ0v) is 23.3. The van der Waals surface area contributed by atoms with Crippen molar-refractivity contribution in [2.45, 2.75) is 0 Å². The average Bonchev–Trinajstić information content (AvgIpc) is 3.64. The number of hydrogen-bond donors (Lipinski definition) is 0. The average molecular weight is 590 g/mol. The first-order chi connectivity index (χ1) is 29.4. The van der Waals surface area contributed by atoms with Gasteiger partial charge in [-0.2, -0.15) is 0 Å². The molecule has 9 rings (SSSR count). The van der Waals surface area contributed by atoms with E-state index in [2.05, 4.69) is 0 Å². The third-order valence-corrected chi connectivity index (χ3v) is 7.87. The second-order valence-corrected chi connectivity index (χ2v) is 10.4. The Bertz CT molecular complexity index is 3380. The van der Waals surface area contributed by atoms with Gasteiger partial charge in [-0.15, -0.1) is 0 Å². The highest BCUT2D eigenvalue weighted by Crippen LogP contribution is 2.44. The lowest BCUT2D eigenvalue weighted by Crippen LogP contribution is -1.91. The van der Waals surface area contributed by atoms with Gasteiger partial charge in [0.2, 0.25) is 0 Å². The van der Waals surface area contributed by atoms with Gasteiger partial charge in [-0.05, 0) is 96.4 Å². The van der Waals surface area contributed by atoms with E-state index in [0.717, 1.165) is 11.1 Å². The Labute approximate surface area is 285 Å². The second kappa shape index (κ2) is 10.4. The van der Waals surface area contributed by atoms with E-state index in [1.165, 1.54) is 0 Å². The summed E-state index contributed by atoms with van der Waals surface area (Å²) in [6.45, 7) is 0. The number of hydrogen-bond acceptors (Lipinski definition) is 1. The van der Waals surface area contributed by atoms with Crippen LogP contribution in [0.3, 0.4) is 0 Å². The number of fused-ring (bicyclic) bond motifs is 5. The van der Waals surface area contributed by atoms with E-state index in [4.69, 9.17) is 19.5 Å². The van der Waals surface area contributed by atoms with Gasteiger partial charge in [0.1, 0.15) is 11.2 Å². The quantitative estimate of drug-likeness (QED) is 0.186. The molecular formula is C44H28O. The molecule has 0 aliphatic carbocycles. The van der Waals surface area contributed by atoms with Crippen LogP contribution in [0.5, 0.6) is 0 Å². The molecule has 8 aromatic carbocycles. The molecule has 0 atom stereocenters. The number of benzene rings is 8. The molecule has 0 radical (unpaired) electrons. The van der Waals surface area contributed by atoms with Gasteiger partial charge in [-0.1, -0.05) is 139 Å². The lowest BCUT2D eigenvalue weighted by Gasteiger charge is -2.18. The van der Waals surface area contributed by atoms with Crippen molar-refractivity contribution in [3.05, 3.63) is 169 Å². The Morgan fingerprint density at radius 3 is 1.44 bits per heavy atom. The minimum absolute atomic E-state index is 0.172. The van der Waals surface area contributed by atoms with E-state index in [1.54, 1.807) is 18.2 Å². The van der Waals surface area contributed by atoms with Gasteiger partial charge in [0, 0.05) is 10.8 Å². The van der Waals surface area contributed by atoms with Crippen molar-refractivity contribution in [3.8, 4) is 44.5 Å².